The van der Waals surface area contributed by atoms with Gasteiger partial charge >= 0.3 is 6.08 Å². The second kappa shape index (κ2) is 8.29. The van der Waals surface area contributed by atoms with E-state index < -0.39 is 40.7 Å². The van der Waals surface area contributed by atoms with Crippen LogP contribution in [0.3, 0.4) is 0 Å². The minimum Gasteiger partial charge on any atom is -0.453 e. The summed E-state index contributed by atoms with van der Waals surface area (Å²) in [6.45, 7) is 2.13. The quantitative estimate of drug-likeness (QED) is 0.386. The van der Waals surface area contributed by atoms with Crippen molar-refractivity contribution < 1.29 is 31.1 Å². The second-order valence-corrected chi connectivity index (χ2v) is 7.11. The Balaban J connectivity index is 1.94. The lowest BCUT2D eigenvalue weighted by Crippen LogP contribution is -2.11. The summed E-state index contributed by atoms with van der Waals surface area (Å²) in [6, 6.07) is 3.68. The highest BCUT2D eigenvalue weighted by Gasteiger charge is 2.24. The zero-order valence-electron chi connectivity index (χ0n) is 15.0. The number of benzene rings is 2. The first kappa shape index (κ1) is 20.3. The van der Waals surface area contributed by atoms with Gasteiger partial charge in [-0.1, -0.05) is 19.8 Å². The standard InChI is InChI=1S/C21H18F6O/c1-11-2-4-12(5-3-11)13-6-15(22)20(16(23)7-13)14-8-17(24)21(18(25)9-14)28-10-19(26)27/h6-12H,2-5H2,1H3. The number of halogens is 6. The Kier molecular flexibility index (Phi) is 6.01. The predicted octanol–water partition coefficient (Wildman–Crippen LogP) is 7.32. The molecule has 0 spiro atoms. The van der Waals surface area contributed by atoms with Gasteiger partial charge in [-0.3, -0.25) is 0 Å². The van der Waals surface area contributed by atoms with Crippen molar-refractivity contribution in [3.63, 3.8) is 0 Å². The van der Waals surface area contributed by atoms with Crippen molar-refractivity contribution in [2.24, 2.45) is 5.92 Å². The van der Waals surface area contributed by atoms with Crippen LogP contribution in [0.4, 0.5) is 26.3 Å². The number of hydrogen-bond acceptors (Lipinski definition) is 1. The van der Waals surface area contributed by atoms with Crippen LogP contribution in [0.5, 0.6) is 5.75 Å². The van der Waals surface area contributed by atoms with Gasteiger partial charge in [0.25, 0.3) is 0 Å². The lowest BCUT2D eigenvalue weighted by atomic mass is 9.79. The van der Waals surface area contributed by atoms with Crippen LogP contribution >= 0.6 is 0 Å². The highest BCUT2D eigenvalue weighted by atomic mass is 19.3. The highest BCUT2D eigenvalue weighted by molar-refractivity contribution is 5.66. The topological polar surface area (TPSA) is 9.23 Å². The van der Waals surface area contributed by atoms with E-state index in [9.17, 15) is 26.3 Å². The molecule has 0 radical (unpaired) electrons. The van der Waals surface area contributed by atoms with Gasteiger partial charge in [-0.25, -0.2) is 17.6 Å². The molecule has 0 atom stereocenters. The molecule has 0 amide bonds. The summed E-state index contributed by atoms with van der Waals surface area (Å²) in [4.78, 5) is 0. The number of ether oxygens (including phenoxy) is 1. The molecule has 0 aliphatic heterocycles. The van der Waals surface area contributed by atoms with E-state index >= 15 is 0 Å². The van der Waals surface area contributed by atoms with Crippen molar-refractivity contribution in [2.75, 3.05) is 0 Å². The molecule has 0 N–H and O–H groups in total. The van der Waals surface area contributed by atoms with E-state index in [1.54, 1.807) is 0 Å². The van der Waals surface area contributed by atoms with Crippen LogP contribution < -0.4 is 4.74 Å². The smallest absolute Gasteiger partial charge is 0.305 e. The van der Waals surface area contributed by atoms with Crippen molar-refractivity contribution >= 4 is 0 Å². The summed E-state index contributed by atoms with van der Waals surface area (Å²) in [7, 11) is 0. The fourth-order valence-corrected chi connectivity index (χ4v) is 3.62. The Morgan fingerprint density at radius 3 is 1.89 bits per heavy atom. The minimum atomic E-state index is -2.28. The van der Waals surface area contributed by atoms with Crippen molar-refractivity contribution in [1.82, 2.24) is 0 Å². The van der Waals surface area contributed by atoms with E-state index in [1.807, 2.05) is 0 Å². The second-order valence-electron chi connectivity index (χ2n) is 7.11. The van der Waals surface area contributed by atoms with Gasteiger partial charge in [-0.15, -0.1) is 0 Å². The zero-order chi connectivity index (χ0) is 20.4. The first-order valence-electron chi connectivity index (χ1n) is 8.92. The summed E-state index contributed by atoms with van der Waals surface area (Å²) in [5.74, 6) is -5.02. The van der Waals surface area contributed by atoms with E-state index in [1.165, 1.54) is 12.1 Å². The van der Waals surface area contributed by atoms with Crippen LogP contribution in [0.25, 0.3) is 11.1 Å². The third kappa shape index (κ3) is 4.34. The summed E-state index contributed by atoms with van der Waals surface area (Å²) >= 11 is 0. The summed E-state index contributed by atoms with van der Waals surface area (Å²) < 4.78 is 85.6. The molecule has 1 aliphatic carbocycles. The maximum absolute atomic E-state index is 14.6. The van der Waals surface area contributed by atoms with Crippen LogP contribution in [0.2, 0.25) is 0 Å². The summed E-state index contributed by atoms with van der Waals surface area (Å²) in [6.07, 6.45) is 1.19. The molecule has 2 aromatic carbocycles. The first-order valence-corrected chi connectivity index (χ1v) is 8.92. The van der Waals surface area contributed by atoms with E-state index in [0.29, 0.717) is 23.6 Å². The van der Waals surface area contributed by atoms with E-state index in [4.69, 9.17) is 0 Å². The molecule has 150 valence electrons. The molecule has 1 saturated carbocycles. The molecule has 0 heterocycles. The molecule has 1 fully saturated rings. The van der Waals surface area contributed by atoms with E-state index in [-0.39, 0.29) is 17.7 Å². The molecule has 0 unspecified atom stereocenters. The normalized spacial score (nSPS) is 19.4. The Labute approximate surface area is 158 Å². The Morgan fingerprint density at radius 1 is 0.857 bits per heavy atom. The highest BCUT2D eigenvalue weighted by Crippen LogP contribution is 2.39. The van der Waals surface area contributed by atoms with Crippen LogP contribution in [-0.2, 0) is 0 Å². The molecular formula is C21H18F6O. The van der Waals surface area contributed by atoms with Crippen LogP contribution in [0, 0.1) is 29.2 Å². The SMILES string of the molecule is CC1CCC(c2cc(F)c(-c3cc(F)c(OC=C(F)F)c(F)c3)c(F)c2)CC1. The van der Waals surface area contributed by atoms with Gasteiger partial charge in [-0.2, -0.15) is 8.78 Å². The lowest BCUT2D eigenvalue weighted by Gasteiger charge is -2.26. The predicted molar refractivity (Wildman–Crippen MR) is 93.0 cm³/mol. The van der Waals surface area contributed by atoms with Crippen molar-refractivity contribution in [3.05, 3.63) is 65.4 Å². The molecule has 2 aromatic rings. The molecule has 28 heavy (non-hydrogen) atoms. The maximum Gasteiger partial charge on any atom is 0.305 e. The lowest BCUT2D eigenvalue weighted by molar-refractivity contribution is 0.344. The van der Waals surface area contributed by atoms with Gasteiger partial charge in [0.15, 0.2) is 23.6 Å². The third-order valence-electron chi connectivity index (χ3n) is 5.10. The molecule has 3 rings (SSSR count). The van der Waals surface area contributed by atoms with Crippen molar-refractivity contribution in [2.45, 2.75) is 38.5 Å². The molecule has 0 saturated heterocycles. The van der Waals surface area contributed by atoms with E-state index in [0.717, 1.165) is 25.7 Å². The Morgan fingerprint density at radius 2 is 1.39 bits per heavy atom. The Hall–Kier alpha value is -2.44. The van der Waals surface area contributed by atoms with Gasteiger partial charge in [0.1, 0.15) is 11.6 Å². The Bertz CT molecular complexity index is 850. The first-order chi connectivity index (χ1) is 13.3. The van der Waals surface area contributed by atoms with E-state index in [2.05, 4.69) is 11.7 Å². The summed E-state index contributed by atoms with van der Waals surface area (Å²) in [5, 5.41) is 0. The molecular weight excluding hydrogens is 382 g/mol. The molecule has 1 nitrogen and oxygen atoms in total. The van der Waals surface area contributed by atoms with Crippen LogP contribution in [0.15, 0.2) is 36.6 Å². The van der Waals surface area contributed by atoms with Crippen molar-refractivity contribution in [3.8, 4) is 16.9 Å². The van der Waals surface area contributed by atoms with Gasteiger partial charge < -0.3 is 4.74 Å². The minimum absolute atomic E-state index is 0.0425. The van der Waals surface area contributed by atoms with Gasteiger partial charge in [0, 0.05) is 0 Å². The zero-order valence-corrected chi connectivity index (χ0v) is 15.0. The van der Waals surface area contributed by atoms with Crippen molar-refractivity contribution in [1.29, 1.82) is 0 Å². The molecule has 0 bridgehead atoms. The molecule has 1 aliphatic rings. The summed E-state index contributed by atoms with van der Waals surface area (Å²) in [5.41, 5.74) is -0.439. The maximum atomic E-state index is 14.6. The van der Waals surface area contributed by atoms with Gasteiger partial charge in [0.05, 0.1) is 5.56 Å². The number of rotatable bonds is 4. The van der Waals surface area contributed by atoms with Crippen LogP contribution in [0.1, 0.15) is 44.1 Å². The molecule has 0 aromatic heterocycles. The monoisotopic (exact) mass is 400 g/mol. The average molecular weight is 400 g/mol. The van der Waals surface area contributed by atoms with Gasteiger partial charge in [-0.05, 0) is 60.1 Å². The molecule has 7 heteroatoms. The fraction of sp³-hybridized carbons (Fsp3) is 0.333. The van der Waals surface area contributed by atoms with Crippen LogP contribution in [-0.4, -0.2) is 0 Å². The average Bonchev–Trinajstić information content (AvgIpc) is 2.60. The number of hydrogen-bond donors (Lipinski definition) is 0. The largest absolute Gasteiger partial charge is 0.453 e. The third-order valence-corrected chi connectivity index (χ3v) is 5.10. The fourth-order valence-electron chi connectivity index (χ4n) is 3.62. The van der Waals surface area contributed by atoms with Gasteiger partial charge in [0.2, 0.25) is 0 Å².